The Balaban J connectivity index is 1.43. The van der Waals surface area contributed by atoms with Crippen molar-refractivity contribution in [2.24, 2.45) is 0 Å². The lowest BCUT2D eigenvalue weighted by molar-refractivity contribution is -0.158. The molecule has 0 saturated carbocycles. The molecular formula is C42H53N5O7. The normalized spacial score (nSPS) is 13.2. The number of amides is 4. The summed E-state index contributed by atoms with van der Waals surface area (Å²) in [5.74, 6) is -1.95. The molecule has 3 aromatic carbocycles. The average Bonchev–Trinajstić information content (AvgIpc) is 3.51. The minimum Gasteiger partial charge on any atom is -0.458 e. The molecule has 0 fully saturated rings. The summed E-state index contributed by atoms with van der Waals surface area (Å²) in [6.07, 6.45) is 1.95. The molecule has 1 heterocycles. The summed E-state index contributed by atoms with van der Waals surface area (Å²) in [5.41, 5.74) is 1.86. The number of nitrogens with one attached hydrogen (secondary N) is 5. The molecule has 0 bridgehead atoms. The van der Waals surface area contributed by atoms with Gasteiger partial charge in [-0.15, -0.1) is 0 Å². The van der Waals surface area contributed by atoms with Crippen molar-refractivity contribution in [3.05, 3.63) is 108 Å². The summed E-state index contributed by atoms with van der Waals surface area (Å²) in [5, 5.41) is 12.1. The van der Waals surface area contributed by atoms with Crippen molar-refractivity contribution in [3.63, 3.8) is 0 Å². The maximum absolute atomic E-state index is 14.0. The number of ether oxygens (including phenoxy) is 2. The zero-order valence-corrected chi connectivity index (χ0v) is 32.0. The minimum atomic E-state index is -1.03. The van der Waals surface area contributed by atoms with E-state index in [-0.39, 0.29) is 38.6 Å². The fraction of sp³-hybridized carbons (Fsp3) is 0.405. The number of alkyl carbamates (subject to hydrolysis) is 1. The molecule has 0 saturated heterocycles. The summed E-state index contributed by atoms with van der Waals surface area (Å²) >= 11 is 0. The van der Waals surface area contributed by atoms with E-state index in [1.165, 1.54) is 0 Å². The lowest BCUT2D eigenvalue weighted by Gasteiger charge is -2.26. The summed E-state index contributed by atoms with van der Waals surface area (Å²) < 4.78 is 11.0. The van der Waals surface area contributed by atoms with Gasteiger partial charge in [0.2, 0.25) is 17.7 Å². The standard InChI is InChI=1S/C42H53N5O7/c1-41(2,3)53-39(51)35(25-29-18-11-8-12-19-29)46-38(50)34(26-30-27-44-32-21-14-13-20-31(30)32)45-36(48)22-15-23-43-37(49)33(24-28-16-9-7-10-17-28)47-40(52)54-42(4,5)6/h7-14,16-21,27,33-35,44H,15,22-26H2,1-6H3,(H,43,49)(H,45,48)(H,46,50)(H,47,52)/t33-,34+,35+/m1/s1. The molecule has 4 rings (SSSR count). The Morgan fingerprint density at radius 2 is 1.19 bits per heavy atom. The van der Waals surface area contributed by atoms with Gasteiger partial charge in [-0.2, -0.15) is 0 Å². The van der Waals surface area contributed by atoms with Gasteiger partial charge in [-0.1, -0.05) is 78.9 Å². The Bertz CT molecular complexity index is 1860. The molecule has 0 radical (unpaired) electrons. The maximum atomic E-state index is 14.0. The van der Waals surface area contributed by atoms with Gasteiger partial charge in [-0.25, -0.2) is 9.59 Å². The SMILES string of the molecule is CC(C)(C)OC(=O)N[C@H](Cc1ccccc1)C(=O)NCCCC(=O)N[C@@H](Cc1c[nH]c2ccccc12)C(=O)N[C@@H](Cc1ccccc1)C(=O)OC(C)(C)C. The molecule has 3 atom stereocenters. The molecule has 0 spiro atoms. The van der Waals surface area contributed by atoms with Crippen LogP contribution in [0.5, 0.6) is 0 Å². The Morgan fingerprint density at radius 1 is 0.630 bits per heavy atom. The zero-order valence-electron chi connectivity index (χ0n) is 32.0. The van der Waals surface area contributed by atoms with E-state index in [1.54, 1.807) is 47.7 Å². The number of carbonyl (C=O) groups is 5. The predicted octanol–water partition coefficient (Wildman–Crippen LogP) is 5.30. The van der Waals surface area contributed by atoms with Gasteiger partial charge in [0.05, 0.1) is 0 Å². The van der Waals surface area contributed by atoms with Crippen LogP contribution >= 0.6 is 0 Å². The number of hydrogen-bond donors (Lipinski definition) is 5. The largest absolute Gasteiger partial charge is 0.458 e. The van der Waals surface area contributed by atoms with Crippen molar-refractivity contribution in [2.45, 2.75) is 103 Å². The molecule has 5 N–H and O–H groups in total. The van der Waals surface area contributed by atoms with Crippen LogP contribution in [0.1, 0.15) is 71.1 Å². The van der Waals surface area contributed by atoms with Crippen molar-refractivity contribution >= 4 is 40.7 Å². The number of hydrogen-bond acceptors (Lipinski definition) is 7. The van der Waals surface area contributed by atoms with Crippen molar-refractivity contribution in [3.8, 4) is 0 Å². The molecule has 12 heteroatoms. The van der Waals surface area contributed by atoms with E-state index >= 15 is 0 Å². The molecule has 288 valence electrons. The summed E-state index contributed by atoms with van der Waals surface area (Å²) in [6.45, 7) is 10.6. The smallest absolute Gasteiger partial charge is 0.408 e. The third-order valence-electron chi connectivity index (χ3n) is 8.21. The number of fused-ring (bicyclic) bond motifs is 1. The van der Waals surface area contributed by atoms with Crippen molar-refractivity contribution < 1.29 is 33.4 Å². The minimum absolute atomic E-state index is 0.000298. The fourth-order valence-corrected chi connectivity index (χ4v) is 5.78. The van der Waals surface area contributed by atoms with Crippen LogP contribution in [0.15, 0.2) is 91.1 Å². The molecule has 0 aliphatic carbocycles. The Labute approximate surface area is 317 Å². The van der Waals surface area contributed by atoms with Gasteiger partial charge in [0, 0.05) is 49.3 Å². The first-order valence-electron chi connectivity index (χ1n) is 18.3. The second-order valence-corrected chi connectivity index (χ2v) is 15.3. The van der Waals surface area contributed by atoms with E-state index in [9.17, 15) is 24.0 Å². The molecule has 54 heavy (non-hydrogen) atoms. The van der Waals surface area contributed by atoms with E-state index in [2.05, 4.69) is 26.3 Å². The molecule has 0 unspecified atom stereocenters. The summed E-state index contributed by atoms with van der Waals surface area (Å²) in [6, 6.07) is 23.3. The number of aromatic amines is 1. The molecule has 0 aliphatic heterocycles. The van der Waals surface area contributed by atoms with Gasteiger partial charge in [0.1, 0.15) is 29.3 Å². The quantitative estimate of drug-likeness (QED) is 0.0768. The van der Waals surface area contributed by atoms with Crippen LogP contribution in [-0.4, -0.2) is 70.6 Å². The highest BCUT2D eigenvalue weighted by Crippen LogP contribution is 2.20. The van der Waals surface area contributed by atoms with E-state index in [1.807, 2.05) is 84.9 Å². The number of esters is 1. The third kappa shape index (κ3) is 13.7. The van der Waals surface area contributed by atoms with Gasteiger partial charge < -0.3 is 35.7 Å². The first-order valence-corrected chi connectivity index (χ1v) is 18.3. The predicted molar refractivity (Wildman–Crippen MR) is 207 cm³/mol. The van der Waals surface area contributed by atoms with Crippen molar-refractivity contribution in [1.29, 1.82) is 0 Å². The summed E-state index contributed by atoms with van der Waals surface area (Å²) in [4.78, 5) is 69.7. The molecule has 4 aromatic rings. The second-order valence-electron chi connectivity index (χ2n) is 15.3. The van der Waals surface area contributed by atoms with E-state index in [0.29, 0.717) is 0 Å². The topological polar surface area (TPSA) is 168 Å². The van der Waals surface area contributed by atoms with Crippen molar-refractivity contribution in [1.82, 2.24) is 26.3 Å². The van der Waals surface area contributed by atoms with Crippen LogP contribution in [0.25, 0.3) is 10.9 Å². The van der Waals surface area contributed by atoms with Crippen LogP contribution in [0.4, 0.5) is 4.79 Å². The summed E-state index contributed by atoms with van der Waals surface area (Å²) in [7, 11) is 0. The third-order valence-corrected chi connectivity index (χ3v) is 8.21. The van der Waals surface area contributed by atoms with Crippen molar-refractivity contribution in [2.75, 3.05) is 6.54 Å². The van der Waals surface area contributed by atoms with E-state index in [0.717, 1.165) is 27.6 Å². The molecule has 12 nitrogen and oxygen atoms in total. The lowest BCUT2D eigenvalue weighted by Crippen LogP contribution is -2.54. The van der Waals surface area contributed by atoms with Crippen LogP contribution in [0.2, 0.25) is 0 Å². The van der Waals surface area contributed by atoms with Gasteiger partial charge in [-0.3, -0.25) is 14.4 Å². The van der Waals surface area contributed by atoms with E-state index < -0.39 is 59.1 Å². The number of rotatable bonds is 16. The monoisotopic (exact) mass is 739 g/mol. The Morgan fingerprint density at radius 3 is 1.80 bits per heavy atom. The van der Waals surface area contributed by atoms with E-state index in [4.69, 9.17) is 9.47 Å². The Kier molecular flexibility index (Phi) is 14.4. The maximum Gasteiger partial charge on any atom is 0.408 e. The number of benzene rings is 3. The van der Waals surface area contributed by atoms with Crippen LogP contribution in [-0.2, 0) is 47.9 Å². The Hall–Kier alpha value is -5.65. The second kappa shape index (κ2) is 18.9. The number of H-pyrrole nitrogens is 1. The number of aromatic nitrogens is 1. The number of para-hydroxylation sites is 1. The molecule has 0 aliphatic rings. The first-order chi connectivity index (χ1) is 25.6. The fourth-order valence-electron chi connectivity index (χ4n) is 5.78. The lowest BCUT2D eigenvalue weighted by atomic mass is 10.0. The van der Waals surface area contributed by atoms with Crippen LogP contribution in [0.3, 0.4) is 0 Å². The van der Waals surface area contributed by atoms with Crippen LogP contribution in [0, 0.1) is 0 Å². The molecular weight excluding hydrogens is 686 g/mol. The highest BCUT2D eigenvalue weighted by atomic mass is 16.6. The highest BCUT2D eigenvalue weighted by molar-refractivity contribution is 5.92. The number of carbonyl (C=O) groups excluding carboxylic acids is 5. The van der Waals surface area contributed by atoms with Gasteiger partial charge in [0.25, 0.3) is 0 Å². The average molecular weight is 740 g/mol. The van der Waals surface area contributed by atoms with Gasteiger partial charge in [0.15, 0.2) is 0 Å². The van der Waals surface area contributed by atoms with Gasteiger partial charge in [-0.05, 0) is 70.7 Å². The first kappa shape index (κ1) is 41.1. The molecule has 4 amide bonds. The molecule has 1 aromatic heterocycles. The zero-order chi connectivity index (χ0) is 39.3. The van der Waals surface area contributed by atoms with Crippen LogP contribution < -0.4 is 21.3 Å². The highest BCUT2D eigenvalue weighted by Gasteiger charge is 2.31. The van der Waals surface area contributed by atoms with Gasteiger partial charge >= 0.3 is 12.1 Å².